The monoisotopic (exact) mass is 498 g/mol. The first-order valence-electron chi connectivity index (χ1n) is 10.9. The zero-order valence-electron chi connectivity index (χ0n) is 19.9. The Morgan fingerprint density at radius 3 is 2.51 bits per heavy atom. The van der Waals surface area contributed by atoms with Crippen molar-refractivity contribution >= 4 is 21.6 Å². The lowest BCUT2D eigenvalue weighted by molar-refractivity contribution is -0.123. The van der Waals surface area contributed by atoms with Gasteiger partial charge in [0, 0.05) is 26.2 Å². The Labute approximate surface area is 203 Å². The van der Waals surface area contributed by atoms with E-state index in [0.29, 0.717) is 47.1 Å². The maximum absolute atomic E-state index is 13.0. The number of nitrogens with zero attached hydrogens (tertiary/aromatic N) is 5. The van der Waals surface area contributed by atoms with Crippen LogP contribution in [-0.2, 0) is 20.2 Å². The topological polar surface area (TPSA) is 139 Å². The van der Waals surface area contributed by atoms with Gasteiger partial charge in [-0.2, -0.15) is 5.26 Å². The average Bonchev–Trinajstić information content (AvgIpc) is 3.54. The maximum Gasteiger partial charge on any atom is 0.234 e. The molecule has 1 aromatic carbocycles. The van der Waals surface area contributed by atoms with Gasteiger partial charge in [0.25, 0.3) is 0 Å². The quantitative estimate of drug-likeness (QED) is 0.466. The van der Waals surface area contributed by atoms with Crippen molar-refractivity contribution in [1.29, 1.82) is 5.26 Å². The Kier molecular flexibility index (Phi) is 6.40. The minimum absolute atomic E-state index is 0.00588. The molecule has 12 heteroatoms. The van der Waals surface area contributed by atoms with Crippen LogP contribution in [0.3, 0.4) is 0 Å². The predicted molar refractivity (Wildman–Crippen MR) is 128 cm³/mol. The summed E-state index contributed by atoms with van der Waals surface area (Å²) in [6.45, 7) is -0.00588. The van der Waals surface area contributed by atoms with Gasteiger partial charge in [0.05, 0.1) is 31.2 Å². The number of methoxy groups -OCH3 is 2. The van der Waals surface area contributed by atoms with Crippen LogP contribution in [0.5, 0.6) is 11.5 Å². The summed E-state index contributed by atoms with van der Waals surface area (Å²) in [6.07, 6.45) is 1.11. The van der Waals surface area contributed by atoms with Gasteiger partial charge in [0.1, 0.15) is 17.2 Å². The van der Waals surface area contributed by atoms with Crippen molar-refractivity contribution in [2.45, 2.75) is 18.3 Å². The molecular weight excluding hydrogens is 472 g/mol. The lowest BCUT2D eigenvalue weighted by Crippen LogP contribution is -2.39. The molecule has 35 heavy (non-hydrogen) atoms. The van der Waals surface area contributed by atoms with Gasteiger partial charge in [-0.1, -0.05) is 6.07 Å². The van der Waals surface area contributed by atoms with Gasteiger partial charge < -0.3 is 14.8 Å². The van der Waals surface area contributed by atoms with E-state index in [1.54, 1.807) is 28.8 Å². The van der Waals surface area contributed by atoms with Crippen molar-refractivity contribution in [2.75, 3.05) is 40.6 Å². The molecule has 1 aliphatic carbocycles. The predicted octanol–water partition coefficient (Wildman–Crippen LogP) is 1.32. The molecule has 184 valence electrons. The number of hydrogen-bond donors (Lipinski definition) is 1. The number of carbonyl (C=O) groups excluding carboxylic acids is 1. The first kappa shape index (κ1) is 24.4. The summed E-state index contributed by atoms with van der Waals surface area (Å²) in [6, 6.07) is 10.9. The Morgan fingerprint density at radius 1 is 1.20 bits per heavy atom. The van der Waals surface area contributed by atoms with E-state index in [9.17, 15) is 18.5 Å². The standard InChI is InChI=1S/C23H26N6O5S/c1-28(2)35(31,32)12-11-25-22(30)23(9-10-23)21-26-20-18(33-3)8-7-17(29(20)27-21)15-5-6-16(14-24)19(13-15)34-4/h5-8,13H,9-12H2,1-4H3,(H,25,30). The van der Waals surface area contributed by atoms with Gasteiger partial charge >= 0.3 is 0 Å². The number of aromatic nitrogens is 3. The maximum atomic E-state index is 13.0. The number of amides is 1. The summed E-state index contributed by atoms with van der Waals surface area (Å²) in [5.74, 6) is 0.764. The minimum Gasteiger partial charge on any atom is -0.495 e. The number of rotatable bonds is 9. The summed E-state index contributed by atoms with van der Waals surface area (Å²) < 4.78 is 37.5. The second-order valence-electron chi connectivity index (χ2n) is 8.42. The molecule has 3 aromatic rings. The first-order chi connectivity index (χ1) is 16.7. The molecule has 0 atom stereocenters. The van der Waals surface area contributed by atoms with E-state index >= 15 is 0 Å². The van der Waals surface area contributed by atoms with Gasteiger partial charge in [-0.15, -0.1) is 5.10 Å². The van der Waals surface area contributed by atoms with Crippen LogP contribution >= 0.6 is 0 Å². The van der Waals surface area contributed by atoms with Crippen LogP contribution in [0.1, 0.15) is 24.2 Å². The van der Waals surface area contributed by atoms with Crippen LogP contribution in [0.15, 0.2) is 30.3 Å². The molecule has 0 aliphatic heterocycles. The molecule has 1 fully saturated rings. The van der Waals surface area contributed by atoms with Crippen LogP contribution in [0, 0.1) is 11.3 Å². The van der Waals surface area contributed by atoms with E-state index < -0.39 is 15.4 Å². The molecule has 1 N–H and O–H groups in total. The molecule has 1 aliphatic rings. The highest BCUT2D eigenvalue weighted by atomic mass is 32.2. The summed E-state index contributed by atoms with van der Waals surface area (Å²) in [4.78, 5) is 17.7. The number of pyridine rings is 1. The highest BCUT2D eigenvalue weighted by molar-refractivity contribution is 7.89. The number of carbonyl (C=O) groups is 1. The van der Waals surface area contributed by atoms with Gasteiger partial charge in [-0.3, -0.25) is 4.79 Å². The Morgan fingerprint density at radius 2 is 1.91 bits per heavy atom. The molecule has 0 spiro atoms. The third-order valence-electron chi connectivity index (χ3n) is 6.10. The molecule has 0 saturated heterocycles. The highest BCUT2D eigenvalue weighted by Gasteiger charge is 2.55. The van der Waals surface area contributed by atoms with Crippen molar-refractivity contribution in [1.82, 2.24) is 24.2 Å². The third-order valence-corrected chi connectivity index (χ3v) is 7.93. The van der Waals surface area contributed by atoms with Crippen molar-refractivity contribution in [3.8, 4) is 28.8 Å². The van der Waals surface area contributed by atoms with Crippen molar-refractivity contribution in [3.05, 3.63) is 41.7 Å². The summed E-state index contributed by atoms with van der Waals surface area (Å²) in [5.41, 5.74) is 1.35. The second-order valence-corrected chi connectivity index (χ2v) is 10.7. The largest absolute Gasteiger partial charge is 0.495 e. The van der Waals surface area contributed by atoms with Crippen molar-refractivity contribution in [2.24, 2.45) is 0 Å². The van der Waals surface area contributed by atoms with E-state index in [-0.39, 0.29) is 18.2 Å². The molecule has 0 unspecified atom stereocenters. The molecule has 11 nitrogen and oxygen atoms in total. The van der Waals surface area contributed by atoms with E-state index in [2.05, 4.69) is 21.5 Å². The van der Waals surface area contributed by atoms with E-state index in [0.717, 1.165) is 9.87 Å². The summed E-state index contributed by atoms with van der Waals surface area (Å²) in [7, 11) is 2.51. The second kappa shape index (κ2) is 9.16. The zero-order valence-corrected chi connectivity index (χ0v) is 20.7. The van der Waals surface area contributed by atoms with E-state index in [1.807, 2.05) is 6.07 Å². The summed E-state index contributed by atoms with van der Waals surface area (Å²) in [5, 5.41) is 16.7. The van der Waals surface area contributed by atoms with Crippen LogP contribution in [0.25, 0.3) is 16.9 Å². The number of ether oxygens (including phenoxy) is 2. The number of fused-ring (bicyclic) bond motifs is 1. The van der Waals surface area contributed by atoms with Gasteiger partial charge in [-0.25, -0.2) is 22.2 Å². The number of hydrogen-bond acceptors (Lipinski definition) is 8. The van der Waals surface area contributed by atoms with Gasteiger partial charge in [-0.05, 0) is 37.1 Å². The molecule has 2 aromatic heterocycles. The van der Waals surface area contributed by atoms with Gasteiger partial charge in [0.2, 0.25) is 15.9 Å². The Bertz CT molecular complexity index is 1440. The first-order valence-corrected chi connectivity index (χ1v) is 12.5. The van der Waals surface area contributed by atoms with Crippen LogP contribution in [0.2, 0.25) is 0 Å². The lowest BCUT2D eigenvalue weighted by atomic mass is 10.1. The highest BCUT2D eigenvalue weighted by Crippen LogP contribution is 2.47. The van der Waals surface area contributed by atoms with E-state index in [4.69, 9.17) is 9.47 Å². The van der Waals surface area contributed by atoms with Crippen molar-refractivity contribution < 1.29 is 22.7 Å². The van der Waals surface area contributed by atoms with Crippen LogP contribution in [-0.4, -0.2) is 73.8 Å². The Balaban J connectivity index is 1.69. The molecule has 0 radical (unpaired) electrons. The van der Waals surface area contributed by atoms with Crippen LogP contribution < -0.4 is 14.8 Å². The fourth-order valence-corrected chi connectivity index (χ4v) is 4.51. The number of nitriles is 1. The normalized spacial score (nSPS) is 14.5. The molecule has 4 rings (SSSR count). The smallest absolute Gasteiger partial charge is 0.234 e. The van der Waals surface area contributed by atoms with Gasteiger partial charge in [0.15, 0.2) is 17.2 Å². The number of sulfonamides is 1. The molecule has 2 heterocycles. The lowest BCUT2D eigenvalue weighted by Gasteiger charge is -2.14. The number of benzene rings is 1. The molecule has 0 bridgehead atoms. The minimum atomic E-state index is -3.42. The fourth-order valence-electron chi connectivity index (χ4n) is 3.79. The molecule has 1 amide bonds. The van der Waals surface area contributed by atoms with E-state index in [1.165, 1.54) is 28.3 Å². The summed E-state index contributed by atoms with van der Waals surface area (Å²) >= 11 is 0. The fraction of sp³-hybridized carbons (Fsp3) is 0.391. The van der Waals surface area contributed by atoms with Crippen LogP contribution in [0.4, 0.5) is 0 Å². The SMILES string of the molecule is COc1cc(-c2ccc(OC)c3nc(C4(C(=O)NCCS(=O)(=O)N(C)C)CC4)nn23)ccc1C#N. The number of nitrogens with one attached hydrogen (secondary N) is 1. The van der Waals surface area contributed by atoms with Crippen molar-refractivity contribution in [3.63, 3.8) is 0 Å². The average molecular weight is 499 g/mol. The Hall–Kier alpha value is -3.69. The zero-order chi connectivity index (χ0) is 25.4. The molecular formula is C23H26N6O5S. The third kappa shape index (κ3) is 4.40. The molecule has 1 saturated carbocycles.